The van der Waals surface area contributed by atoms with Crippen LogP contribution in [0.1, 0.15) is 86.2 Å². The van der Waals surface area contributed by atoms with Crippen LogP contribution in [0.15, 0.2) is 30.3 Å². The van der Waals surface area contributed by atoms with E-state index in [2.05, 4.69) is 10.00 Å². The van der Waals surface area contributed by atoms with Crippen LogP contribution in [-0.2, 0) is 22.6 Å². The van der Waals surface area contributed by atoms with E-state index in [1.807, 2.05) is 34.1 Å². The fourth-order valence-electron chi connectivity index (χ4n) is 7.39. The first-order chi connectivity index (χ1) is 20.4. The highest BCUT2D eigenvalue weighted by Crippen LogP contribution is 2.46. The molecule has 2 amide bonds. The molecule has 4 aliphatic rings. The molecule has 222 valence electrons. The highest BCUT2D eigenvalue weighted by molar-refractivity contribution is 5.97. The van der Waals surface area contributed by atoms with Crippen LogP contribution in [0.25, 0.3) is 22.0 Å². The number of carbonyl (C=O) groups is 2. The third kappa shape index (κ3) is 4.99. The summed E-state index contributed by atoms with van der Waals surface area (Å²) in [5.74, 6) is 0.655. The molecular weight excluding hydrogens is 536 g/mol. The third-order valence-corrected chi connectivity index (χ3v) is 9.93. The van der Waals surface area contributed by atoms with Crippen LogP contribution in [0.2, 0.25) is 0 Å². The van der Waals surface area contributed by atoms with E-state index in [0.717, 1.165) is 90.5 Å². The second-order valence-corrected chi connectivity index (χ2v) is 12.6. The van der Waals surface area contributed by atoms with Crippen LogP contribution in [0.5, 0.6) is 0 Å². The summed E-state index contributed by atoms with van der Waals surface area (Å²) in [6, 6.07) is 9.76. The number of hydrogen-bond acceptors (Lipinski definition) is 4. The van der Waals surface area contributed by atoms with Crippen LogP contribution in [-0.4, -0.2) is 64.1 Å². The molecule has 9 heteroatoms. The lowest BCUT2D eigenvalue weighted by atomic mass is 9.92. The van der Waals surface area contributed by atoms with Crippen molar-refractivity contribution < 1.29 is 18.4 Å². The molecule has 1 aliphatic carbocycles. The van der Waals surface area contributed by atoms with Gasteiger partial charge in [-0.25, -0.2) is 8.78 Å². The van der Waals surface area contributed by atoms with E-state index in [-0.39, 0.29) is 35.3 Å². The first-order valence-electron chi connectivity index (χ1n) is 15.6. The van der Waals surface area contributed by atoms with Crippen molar-refractivity contribution in [3.63, 3.8) is 0 Å². The number of benzene rings is 2. The van der Waals surface area contributed by atoms with Crippen molar-refractivity contribution in [2.75, 3.05) is 32.7 Å². The van der Waals surface area contributed by atoms with Gasteiger partial charge in [0.2, 0.25) is 11.8 Å². The van der Waals surface area contributed by atoms with Gasteiger partial charge in [-0.15, -0.1) is 0 Å². The minimum absolute atomic E-state index is 0.0241. The number of nitrogens with one attached hydrogen (secondary N) is 1. The van der Waals surface area contributed by atoms with Gasteiger partial charge in [-0.2, -0.15) is 5.10 Å². The molecule has 1 saturated carbocycles. The third-order valence-electron chi connectivity index (χ3n) is 9.93. The summed E-state index contributed by atoms with van der Waals surface area (Å²) in [5, 5.41) is 10.3. The molecule has 0 radical (unpaired) electrons. The Morgan fingerprint density at radius 2 is 1.74 bits per heavy atom. The number of alkyl halides is 2. The molecule has 1 N–H and O–H groups in total. The van der Waals surface area contributed by atoms with Crippen molar-refractivity contribution in [2.45, 2.75) is 76.8 Å². The Kier molecular flexibility index (Phi) is 7.24. The summed E-state index contributed by atoms with van der Waals surface area (Å²) in [4.78, 5) is 29.5. The molecule has 0 atom stereocenters. The molecule has 1 aromatic heterocycles. The first-order valence-corrected chi connectivity index (χ1v) is 15.6. The summed E-state index contributed by atoms with van der Waals surface area (Å²) in [5.41, 5.74) is 4.68. The minimum Gasteiger partial charge on any atom is -0.342 e. The molecule has 3 fully saturated rings. The number of fused-ring (bicyclic) bond motifs is 2. The maximum absolute atomic E-state index is 14.3. The Balaban J connectivity index is 1.24. The van der Waals surface area contributed by atoms with Crippen LogP contribution in [0, 0.1) is 5.92 Å². The molecular formula is C33H39F2N5O2. The largest absolute Gasteiger partial charge is 0.342 e. The number of aromatic nitrogens is 2. The normalized spacial score (nSPS) is 20.4. The van der Waals surface area contributed by atoms with Crippen LogP contribution < -0.4 is 5.32 Å². The molecule has 3 aliphatic heterocycles. The lowest BCUT2D eigenvalue weighted by Gasteiger charge is -2.36. The number of rotatable bonds is 5. The predicted octanol–water partition coefficient (Wildman–Crippen LogP) is 5.59. The van der Waals surface area contributed by atoms with Crippen molar-refractivity contribution in [3.8, 4) is 11.3 Å². The van der Waals surface area contributed by atoms with E-state index in [1.54, 1.807) is 13.0 Å². The van der Waals surface area contributed by atoms with Crippen molar-refractivity contribution in [2.24, 2.45) is 5.92 Å². The molecule has 42 heavy (non-hydrogen) atoms. The Labute approximate surface area is 245 Å². The number of likely N-dealkylation sites (tertiary alicyclic amines) is 1. The van der Waals surface area contributed by atoms with Crippen LogP contribution in [0.4, 0.5) is 8.78 Å². The molecule has 4 heterocycles. The van der Waals surface area contributed by atoms with Gasteiger partial charge >= 0.3 is 0 Å². The zero-order chi connectivity index (χ0) is 29.0. The van der Waals surface area contributed by atoms with Gasteiger partial charge in [-0.1, -0.05) is 24.3 Å². The van der Waals surface area contributed by atoms with E-state index in [9.17, 15) is 18.4 Å². The second-order valence-electron chi connectivity index (χ2n) is 12.6. The fraction of sp³-hybridized carbons (Fsp3) is 0.545. The molecule has 2 aromatic carbocycles. The van der Waals surface area contributed by atoms with Gasteiger partial charge in [-0.05, 0) is 79.9 Å². The van der Waals surface area contributed by atoms with Gasteiger partial charge in [0, 0.05) is 67.8 Å². The molecule has 0 unspecified atom stereocenters. The van der Waals surface area contributed by atoms with Gasteiger partial charge in [0.25, 0.3) is 6.43 Å². The summed E-state index contributed by atoms with van der Waals surface area (Å²) < 4.78 is 30.7. The van der Waals surface area contributed by atoms with E-state index < -0.39 is 6.43 Å². The molecule has 7 rings (SSSR count). The number of halogens is 2. The van der Waals surface area contributed by atoms with Gasteiger partial charge in [-0.3, -0.25) is 14.3 Å². The summed E-state index contributed by atoms with van der Waals surface area (Å²) in [6.07, 6.45) is 3.57. The lowest BCUT2D eigenvalue weighted by molar-refractivity contribution is -0.137. The van der Waals surface area contributed by atoms with E-state index in [1.165, 1.54) is 0 Å². The molecule has 3 aromatic rings. The van der Waals surface area contributed by atoms with Crippen LogP contribution in [0.3, 0.4) is 0 Å². The minimum atomic E-state index is -2.53. The van der Waals surface area contributed by atoms with Crippen molar-refractivity contribution >= 4 is 22.6 Å². The average molecular weight is 576 g/mol. The SMILES string of the molecule is CC(=O)N1CCc2c(c(-c3cccc4cc(C5CC5)c(C(F)F)cc34)nn2C2CCN(C(=O)C3CCNCC3)CC2)C1. The Morgan fingerprint density at radius 1 is 0.976 bits per heavy atom. The second kappa shape index (κ2) is 11.1. The summed E-state index contributed by atoms with van der Waals surface area (Å²) in [7, 11) is 0. The number of carbonyl (C=O) groups excluding carboxylic acids is 2. The number of piperidine rings is 2. The van der Waals surface area contributed by atoms with E-state index in [0.29, 0.717) is 32.6 Å². The Hall–Kier alpha value is -3.33. The van der Waals surface area contributed by atoms with Crippen molar-refractivity contribution in [1.82, 2.24) is 24.9 Å². The average Bonchev–Trinajstić information content (AvgIpc) is 3.80. The molecule has 0 bridgehead atoms. The predicted molar refractivity (Wildman–Crippen MR) is 157 cm³/mol. The Morgan fingerprint density at radius 3 is 2.43 bits per heavy atom. The number of hydrogen-bond donors (Lipinski definition) is 1. The molecule has 2 saturated heterocycles. The summed E-state index contributed by atoms with van der Waals surface area (Å²) in [6.45, 7) is 5.93. The van der Waals surface area contributed by atoms with Crippen molar-refractivity contribution in [1.29, 1.82) is 0 Å². The molecule has 7 nitrogen and oxygen atoms in total. The van der Waals surface area contributed by atoms with Crippen molar-refractivity contribution in [3.05, 3.63) is 52.7 Å². The van der Waals surface area contributed by atoms with Gasteiger partial charge in [0.05, 0.1) is 11.7 Å². The standard InChI is InChI=1S/C33H39F2N5O2/c1-20(41)39-16-11-30-29(19-39)31(25-4-2-3-23-17-26(21-5-6-21)28(32(34)35)18-27(23)25)37-40(30)24-9-14-38(15-10-24)33(42)22-7-12-36-13-8-22/h2-4,17-18,21-22,24,32,36H,5-16,19H2,1H3. The first kappa shape index (κ1) is 27.5. The number of nitrogens with zero attached hydrogens (tertiary/aromatic N) is 4. The fourth-order valence-corrected chi connectivity index (χ4v) is 7.39. The summed E-state index contributed by atoms with van der Waals surface area (Å²) >= 11 is 0. The highest BCUT2D eigenvalue weighted by Gasteiger charge is 2.34. The van der Waals surface area contributed by atoms with E-state index in [4.69, 9.17) is 5.10 Å². The highest BCUT2D eigenvalue weighted by atomic mass is 19.3. The Bertz CT molecular complexity index is 1520. The number of amides is 2. The quantitative estimate of drug-likeness (QED) is 0.431. The zero-order valence-electron chi connectivity index (χ0n) is 24.2. The smallest absolute Gasteiger partial charge is 0.264 e. The maximum atomic E-state index is 14.3. The maximum Gasteiger partial charge on any atom is 0.264 e. The van der Waals surface area contributed by atoms with Gasteiger partial charge < -0.3 is 15.1 Å². The van der Waals surface area contributed by atoms with E-state index >= 15 is 0 Å². The van der Waals surface area contributed by atoms with Crippen LogP contribution >= 0.6 is 0 Å². The topological polar surface area (TPSA) is 70.5 Å². The lowest BCUT2D eigenvalue weighted by Crippen LogP contribution is -2.45. The zero-order valence-corrected chi connectivity index (χ0v) is 24.2. The van der Waals surface area contributed by atoms with Gasteiger partial charge in [0.1, 0.15) is 0 Å². The molecule has 0 spiro atoms. The van der Waals surface area contributed by atoms with Gasteiger partial charge in [0.15, 0.2) is 0 Å². The monoisotopic (exact) mass is 575 g/mol.